The first-order valence-electron chi connectivity index (χ1n) is 7.52. The van der Waals surface area contributed by atoms with Crippen LogP contribution in [0.1, 0.15) is 40.5 Å². The number of carbonyl (C=O) groups excluding carboxylic acids is 1. The van der Waals surface area contributed by atoms with Gasteiger partial charge >= 0.3 is 0 Å². The molecule has 2 atom stereocenters. The number of aliphatic hydroxyl groups is 1. The molecule has 5 nitrogen and oxygen atoms in total. The third-order valence-corrected chi connectivity index (χ3v) is 6.33. The molecule has 0 aromatic carbocycles. The predicted octanol–water partition coefficient (Wildman–Crippen LogP) is 1.30. The molecule has 0 aromatic rings. The highest BCUT2D eigenvalue weighted by Crippen LogP contribution is 2.65. The number of ketones is 1. The van der Waals surface area contributed by atoms with Gasteiger partial charge in [0.25, 0.3) is 0 Å². The summed E-state index contributed by atoms with van der Waals surface area (Å²) in [5.41, 5.74) is -0.233. The molecule has 3 aliphatic rings. The third kappa shape index (κ3) is 1.90. The molecule has 22 heavy (non-hydrogen) atoms. The monoisotopic (exact) mass is 325 g/mol. The Kier molecular flexibility index (Phi) is 2.96. The molecule has 0 heterocycles. The van der Waals surface area contributed by atoms with Gasteiger partial charge in [0.1, 0.15) is 5.60 Å². The Morgan fingerprint density at radius 2 is 1.82 bits per heavy atom. The maximum absolute atomic E-state index is 12.8. The molecule has 1 spiro atoms. The van der Waals surface area contributed by atoms with E-state index in [9.17, 15) is 18.3 Å². The first kappa shape index (κ1) is 15.9. The second kappa shape index (κ2) is 4.10. The lowest BCUT2D eigenvalue weighted by Gasteiger charge is -2.40. The Hall–Kier alpha value is -0.980. The molecule has 6 heteroatoms. The van der Waals surface area contributed by atoms with Crippen molar-refractivity contribution in [2.45, 2.75) is 52.2 Å². The van der Waals surface area contributed by atoms with Crippen LogP contribution >= 0.6 is 0 Å². The average molecular weight is 325 g/mol. The molecule has 2 N–H and O–H groups in total. The van der Waals surface area contributed by atoms with Gasteiger partial charge in [0, 0.05) is 16.4 Å². The zero-order valence-corrected chi connectivity index (χ0v) is 14.5. The Morgan fingerprint density at radius 3 is 2.27 bits per heavy atom. The molecule has 0 saturated heterocycles. The molecular weight excluding hydrogens is 302 g/mol. The van der Waals surface area contributed by atoms with Crippen LogP contribution in [0, 0.1) is 10.8 Å². The second-order valence-corrected chi connectivity index (χ2v) is 9.50. The highest BCUT2D eigenvalue weighted by Gasteiger charge is 2.66. The van der Waals surface area contributed by atoms with Gasteiger partial charge in [0.05, 0.1) is 12.3 Å². The van der Waals surface area contributed by atoms with Crippen molar-refractivity contribution in [1.29, 1.82) is 0 Å². The topological polar surface area (TPSA) is 83.5 Å². The molecule has 0 unspecified atom stereocenters. The van der Waals surface area contributed by atoms with Crippen LogP contribution in [0.4, 0.5) is 0 Å². The van der Waals surface area contributed by atoms with Gasteiger partial charge in [-0.2, -0.15) is 0 Å². The molecule has 3 rings (SSSR count). The standard InChI is InChI=1S/C16H23NO4S/c1-9-11-10(13(18)15(4,19)16(9)6-7-16)8-14(2,3)12(11)17-22(5,20)21/h8,12,17,19H,6-7H2,1-5H3/t12-,15-/m0/s1. The Morgan fingerprint density at radius 1 is 1.27 bits per heavy atom. The van der Waals surface area contributed by atoms with Gasteiger partial charge in [-0.3, -0.25) is 4.79 Å². The summed E-state index contributed by atoms with van der Waals surface area (Å²) in [5, 5.41) is 10.8. The van der Waals surface area contributed by atoms with Crippen LogP contribution in [-0.2, 0) is 14.8 Å². The smallest absolute Gasteiger partial charge is 0.209 e. The average Bonchev–Trinajstić information content (AvgIpc) is 3.10. The lowest BCUT2D eigenvalue weighted by atomic mass is 9.67. The van der Waals surface area contributed by atoms with Crippen LogP contribution in [0.5, 0.6) is 0 Å². The normalized spacial score (nSPS) is 35.6. The number of carbonyl (C=O) groups is 1. The number of hydrogen-bond donors (Lipinski definition) is 2. The van der Waals surface area contributed by atoms with Crippen molar-refractivity contribution >= 4 is 15.8 Å². The van der Waals surface area contributed by atoms with E-state index >= 15 is 0 Å². The van der Waals surface area contributed by atoms with E-state index < -0.39 is 32.5 Å². The molecule has 1 saturated carbocycles. The second-order valence-electron chi connectivity index (χ2n) is 7.72. The number of nitrogens with one attached hydrogen (secondary N) is 1. The fourth-order valence-corrected chi connectivity index (χ4v) is 5.03. The van der Waals surface area contributed by atoms with Gasteiger partial charge in [-0.05, 0) is 32.3 Å². The third-order valence-electron chi connectivity index (χ3n) is 5.66. The van der Waals surface area contributed by atoms with Gasteiger partial charge in [0.2, 0.25) is 10.0 Å². The molecule has 3 aliphatic carbocycles. The van der Waals surface area contributed by atoms with Crippen LogP contribution in [0.3, 0.4) is 0 Å². The Labute approximate surface area is 131 Å². The zero-order chi connectivity index (χ0) is 16.7. The Bertz CT molecular complexity index is 736. The van der Waals surface area contributed by atoms with E-state index in [1.165, 1.54) is 0 Å². The molecule has 122 valence electrons. The van der Waals surface area contributed by atoms with Crippen LogP contribution in [0.15, 0.2) is 22.8 Å². The summed E-state index contributed by atoms with van der Waals surface area (Å²) < 4.78 is 26.2. The lowest BCUT2D eigenvalue weighted by Crippen LogP contribution is -2.51. The predicted molar refractivity (Wildman–Crippen MR) is 83.6 cm³/mol. The summed E-state index contributed by atoms with van der Waals surface area (Å²) in [7, 11) is -3.41. The van der Waals surface area contributed by atoms with Crippen molar-refractivity contribution in [3.63, 3.8) is 0 Å². The van der Waals surface area contributed by atoms with Crippen molar-refractivity contribution in [2.24, 2.45) is 10.8 Å². The van der Waals surface area contributed by atoms with E-state index in [-0.39, 0.29) is 5.78 Å². The molecule has 0 amide bonds. The summed E-state index contributed by atoms with van der Waals surface area (Å²) in [6, 6.07) is -0.463. The van der Waals surface area contributed by atoms with E-state index in [0.717, 1.165) is 30.2 Å². The fraction of sp³-hybridized carbons (Fsp3) is 0.688. The van der Waals surface area contributed by atoms with Gasteiger partial charge in [-0.15, -0.1) is 0 Å². The first-order valence-corrected chi connectivity index (χ1v) is 9.42. The molecule has 0 aliphatic heterocycles. The molecule has 1 fully saturated rings. The van der Waals surface area contributed by atoms with Crippen molar-refractivity contribution in [3.05, 3.63) is 22.8 Å². The minimum Gasteiger partial charge on any atom is -0.381 e. The summed E-state index contributed by atoms with van der Waals surface area (Å²) in [4.78, 5) is 12.8. The fourth-order valence-electron chi connectivity index (χ4n) is 4.18. The van der Waals surface area contributed by atoms with E-state index in [0.29, 0.717) is 5.57 Å². The minimum absolute atomic E-state index is 0.281. The number of sulfonamides is 1. The molecule has 0 aromatic heterocycles. The van der Waals surface area contributed by atoms with Crippen LogP contribution in [-0.4, -0.2) is 37.2 Å². The molecule has 0 radical (unpaired) electrons. The number of rotatable bonds is 2. The molecular formula is C16H23NO4S. The highest BCUT2D eigenvalue weighted by atomic mass is 32.2. The molecule has 0 bridgehead atoms. The van der Waals surface area contributed by atoms with E-state index in [1.54, 1.807) is 13.0 Å². The lowest BCUT2D eigenvalue weighted by molar-refractivity contribution is -0.137. The summed E-state index contributed by atoms with van der Waals surface area (Å²) >= 11 is 0. The Balaban J connectivity index is 2.22. The van der Waals surface area contributed by atoms with Crippen molar-refractivity contribution in [1.82, 2.24) is 4.72 Å². The summed E-state index contributed by atoms with van der Waals surface area (Å²) in [6.45, 7) is 7.33. The van der Waals surface area contributed by atoms with E-state index in [1.807, 2.05) is 20.8 Å². The highest BCUT2D eigenvalue weighted by molar-refractivity contribution is 7.88. The van der Waals surface area contributed by atoms with E-state index in [2.05, 4.69) is 4.72 Å². The largest absolute Gasteiger partial charge is 0.381 e. The maximum atomic E-state index is 12.8. The van der Waals surface area contributed by atoms with Crippen molar-refractivity contribution in [2.75, 3.05) is 6.26 Å². The minimum atomic E-state index is -3.41. The first-order chi connectivity index (χ1) is 9.83. The SMILES string of the molecule is CC1=C2C(=CC(C)(C)[C@H]2NS(C)(=O)=O)C(=O)[C@](C)(O)C12CC2. The maximum Gasteiger partial charge on any atom is 0.209 e. The van der Waals surface area contributed by atoms with Gasteiger partial charge in [-0.25, -0.2) is 13.1 Å². The van der Waals surface area contributed by atoms with Crippen LogP contribution in [0.2, 0.25) is 0 Å². The number of hydrogen-bond acceptors (Lipinski definition) is 4. The van der Waals surface area contributed by atoms with Gasteiger partial charge in [-0.1, -0.05) is 25.5 Å². The van der Waals surface area contributed by atoms with Crippen LogP contribution < -0.4 is 4.72 Å². The number of fused-ring (bicyclic) bond motifs is 1. The van der Waals surface area contributed by atoms with Crippen molar-refractivity contribution < 1.29 is 18.3 Å². The van der Waals surface area contributed by atoms with Crippen molar-refractivity contribution in [3.8, 4) is 0 Å². The van der Waals surface area contributed by atoms with Gasteiger partial charge < -0.3 is 5.11 Å². The van der Waals surface area contributed by atoms with Crippen LogP contribution in [0.25, 0.3) is 0 Å². The summed E-state index contributed by atoms with van der Waals surface area (Å²) in [6.07, 6.45) is 4.46. The van der Waals surface area contributed by atoms with Gasteiger partial charge in [0.15, 0.2) is 5.78 Å². The number of Topliss-reactive ketones (excluding diaryl/α,β-unsaturated/α-hetero) is 1. The quantitative estimate of drug-likeness (QED) is 0.801. The van der Waals surface area contributed by atoms with E-state index in [4.69, 9.17) is 0 Å². The summed E-state index contributed by atoms with van der Waals surface area (Å²) in [5.74, 6) is -0.281. The zero-order valence-electron chi connectivity index (χ0n) is 13.6.